The normalized spacial score (nSPS) is 10.3. The molecule has 0 saturated carbocycles. The van der Waals surface area contributed by atoms with Crippen LogP contribution in [0.15, 0.2) is 42.7 Å². The molecule has 3 heteroatoms. The highest BCUT2D eigenvalue weighted by atomic mass is 35.5. The van der Waals surface area contributed by atoms with Crippen molar-refractivity contribution < 1.29 is 0 Å². The molecular weight excluding hydrogens is 232 g/mol. The predicted octanol–water partition coefficient (Wildman–Crippen LogP) is 3.90. The van der Waals surface area contributed by atoms with Gasteiger partial charge >= 0.3 is 0 Å². The fourth-order valence-corrected chi connectivity index (χ4v) is 2.03. The highest BCUT2D eigenvalue weighted by Gasteiger charge is 2.08. The molecule has 0 bridgehead atoms. The van der Waals surface area contributed by atoms with E-state index in [1.165, 1.54) is 5.56 Å². The predicted molar refractivity (Wildman–Crippen MR) is 73.0 cm³/mol. The summed E-state index contributed by atoms with van der Waals surface area (Å²) in [4.78, 5) is 6.23. The van der Waals surface area contributed by atoms with E-state index in [0.29, 0.717) is 5.88 Å². The number of halogens is 1. The standard InChI is InChI=1S/C14H15ClN2/c1-11-4-3-5-13(8-11)17(2)14-6-7-16-10-12(14)9-15/h3-8,10H,9H2,1-2H3. The number of aryl methyl sites for hydroxylation is 1. The monoisotopic (exact) mass is 246 g/mol. The first-order valence-corrected chi connectivity index (χ1v) is 6.05. The van der Waals surface area contributed by atoms with Crippen molar-refractivity contribution in [3.63, 3.8) is 0 Å². The molecule has 0 saturated heterocycles. The summed E-state index contributed by atoms with van der Waals surface area (Å²) < 4.78 is 0. The Morgan fingerprint density at radius 3 is 2.82 bits per heavy atom. The summed E-state index contributed by atoms with van der Waals surface area (Å²) in [6.07, 6.45) is 3.60. The molecule has 1 heterocycles. The molecule has 0 N–H and O–H groups in total. The van der Waals surface area contributed by atoms with E-state index < -0.39 is 0 Å². The van der Waals surface area contributed by atoms with Crippen LogP contribution in [-0.4, -0.2) is 12.0 Å². The molecule has 0 spiro atoms. The lowest BCUT2D eigenvalue weighted by molar-refractivity contribution is 1.14. The Bertz CT molecular complexity index is 511. The number of benzene rings is 1. The molecule has 0 aliphatic heterocycles. The van der Waals surface area contributed by atoms with Crippen LogP contribution in [0.4, 0.5) is 11.4 Å². The maximum absolute atomic E-state index is 5.93. The Morgan fingerprint density at radius 1 is 1.29 bits per heavy atom. The van der Waals surface area contributed by atoms with E-state index in [0.717, 1.165) is 16.9 Å². The van der Waals surface area contributed by atoms with E-state index >= 15 is 0 Å². The third-order valence-corrected chi connectivity index (χ3v) is 3.06. The van der Waals surface area contributed by atoms with Crippen LogP contribution in [0.1, 0.15) is 11.1 Å². The molecular formula is C14H15ClN2. The lowest BCUT2D eigenvalue weighted by atomic mass is 10.2. The van der Waals surface area contributed by atoms with Crippen molar-refractivity contribution in [2.75, 3.05) is 11.9 Å². The lowest BCUT2D eigenvalue weighted by Gasteiger charge is -2.22. The zero-order chi connectivity index (χ0) is 12.3. The van der Waals surface area contributed by atoms with Gasteiger partial charge in [0.05, 0.1) is 5.88 Å². The number of anilines is 2. The van der Waals surface area contributed by atoms with Gasteiger partial charge in [-0.05, 0) is 30.7 Å². The van der Waals surface area contributed by atoms with E-state index in [2.05, 4.69) is 41.1 Å². The quantitative estimate of drug-likeness (QED) is 0.764. The molecule has 0 fully saturated rings. The summed E-state index contributed by atoms with van der Waals surface area (Å²) in [7, 11) is 2.04. The molecule has 1 aromatic carbocycles. The van der Waals surface area contributed by atoms with Gasteiger partial charge in [0, 0.05) is 36.4 Å². The molecule has 17 heavy (non-hydrogen) atoms. The third-order valence-electron chi connectivity index (χ3n) is 2.77. The van der Waals surface area contributed by atoms with Crippen molar-refractivity contribution in [1.82, 2.24) is 4.98 Å². The summed E-state index contributed by atoms with van der Waals surface area (Å²) >= 11 is 5.93. The van der Waals surface area contributed by atoms with Crippen molar-refractivity contribution in [1.29, 1.82) is 0 Å². The Kier molecular flexibility index (Phi) is 3.64. The van der Waals surface area contributed by atoms with E-state index in [9.17, 15) is 0 Å². The van der Waals surface area contributed by atoms with Gasteiger partial charge in [0.1, 0.15) is 0 Å². The summed E-state index contributed by atoms with van der Waals surface area (Å²) in [5.41, 5.74) is 4.54. The number of pyridine rings is 1. The fourth-order valence-electron chi connectivity index (χ4n) is 1.83. The van der Waals surface area contributed by atoms with Crippen LogP contribution < -0.4 is 4.90 Å². The third kappa shape index (κ3) is 2.59. The Hall–Kier alpha value is -1.54. The van der Waals surface area contributed by atoms with Crippen molar-refractivity contribution >= 4 is 23.0 Å². The molecule has 0 atom stereocenters. The van der Waals surface area contributed by atoms with E-state index in [4.69, 9.17) is 11.6 Å². The number of rotatable bonds is 3. The molecule has 0 aliphatic carbocycles. The van der Waals surface area contributed by atoms with Gasteiger partial charge in [-0.1, -0.05) is 12.1 Å². The molecule has 88 valence electrons. The largest absolute Gasteiger partial charge is 0.344 e. The van der Waals surface area contributed by atoms with Crippen molar-refractivity contribution in [3.8, 4) is 0 Å². The smallest absolute Gasteiger partial charge is 0.0510 e. The molecule has 0 radical (unpaired) electrons. The first-order valence-electron chi connectivity index (χ1n) is 5.51. The van der Waals surface area contributed by atoms with Crippen LogP contribution in [0.3, 0.4) is 0 Å². The highest BCUT2D eigenvalue weighted by molar-refractivity contribution is 6.17. The number of alkyl halides is 1. The highest BCUT2D eigenvalue weighted by Crippen LogP contribution is 2.27. The first kappa shape index (κ1) is 11.9. The van der Waals surface area contributed by atoms with E-state index in [1.54, 1.807) is 6.20 Å². The van der Waals surface area contributed by atoms with Crippen molar-refractivity contribution in [2.24, 2.45) is 0 Å². The molecule has 2 nitrogen and oxygen atoms in total. The Morgan fingerprint density at radius 2 is 2.12 bits per heavy atom. The number of hydrogen-bond donors (Lipinski definition) is 0. The second-order valence-electron chi connectivity index (χ2n) is 4.04. The van der Waals surface area contributed by atoms with Gasteiger partial charge < -0.3 is 4.90 Å². The number of aromatic nitrogens is 1. The number of hydrogen-bond acceptors (Lipinski definition) is 2. The van der Waals surface area contributed by atoms with Crippen LogP contribution in [-0.2, 0) is 5.88 Å². The van der Waals surface area contributed by atoms with Gasteiger partial charge in [0.15, 0.2) is 0 Å². The zero-order valence-electron chi connectivity index (χ0n) is 10.0. The topological polar surface area (TPSA) is 16.1 Å². The summed E-state index contributed by atoms with van der Waals surface area (Å²) in [6.45, 7) is 2.09. The minimum absolute atomic E-state index is 0.472. The average Bonchev–Trinajstić information content (AvgIpc) is 2.38. The lowest BCUT2D eigenvalue weighted by Crippen LogP contribution is -2.11. The SMILES string of the molecule is Cc1cccc(N(C)c2ccncc2CCl)c1. The molecule has 0 unspecified atom stereocenters. The zero-order valence-corrected chi connectivity index (χ0v) is 10.8. The van der Waals surface area contributed by atoms with Crippen molar-refractivity contribution in [3.05, 3.63) is 53.9 Å². The second-order valence-corrected chi connectivity index (χ2v) is 4.30. The summed E-state index contributed by atoms with van der Waals surface area (Å²) in [5, 5.41) is 0. The van der Waals surface area contributed by atoms with Gasteiger partial charge in [-0.15, -0.1) is 11.6 Å². The average molecular weight is 247 g/mol. The van der Waals surface area contributed by atoms with Gasteiger partial charge in [-0.25, -0.2) is 0 Å². The second kappa shape index (κ2) is 5.19. The summed E-state index contributed by atoms with van der Waals surface area (Å²) in [6, 6.07) is 10.4. The van der Waals surface area contributed by atoms with Gasteiger partial charge in [-0.3, -0.25) is 4.98 Å². The molecule has 0 amide bonds. The minimum Gasteiger partial charge on any atom is -0.344 e. The fraction of sp³-hybridized carbons (Fsp3) is 0.214. The number of nitrogens with zero attached hydrogens (tertiary/aromatic N) is 2. The van der Waals surface area contributed by atoms with Gasteiger partial charge in [-0.2, -0.15) is 0 Å². The van der Waals surface area contributed by atoms with Gasteiger partial charge in [0.2, 0.25) is 0 Å². The first-order chi connectivity index (χ1) is 8.22. The minimum atomic E-state index is 0.472. The van der Waals surface area contributed by atoms with Crippen LogP contribution in [0.5, 0.6) is 0 Å². The summed E-state index contributed by atoms with van der Waals surface area (Å²) in [5.74, 6) is 0.472. The van der Waals surface area contributed by atoms with Crippen LogP contribution >= 0.6 is 11.6 Å². The van der Waals surface area contributed by atoms with Crippen LogP contribution in [0, 0.1) is 6.92 Å². The Labute approximate surface area is 107 Å². The maximum Gasteiger partial charge on any atom is 0.0510 e. The molecule has 2 rings (SSSR count). The molecule has 0 aliphatic rings. The maximum atomic E-state index is 5.93. The Balaban J connectivity index is 2.40. The van der Waals surface area contributed by atoms with E-state index in [-0.39, 0.29) is 0 Å². The van der Waals surface area contributed by atoms with Crippen molar-refractivity contribution in [2.45, 2.75) is 12.8 Å². The van der Waals surface area contributed by atoms with Crippen LogP contribution in [0.25, 0.3) is 0 Å². The molecule has 1 aromatic heterocycles. The van der Waals surface area contributed by atoms with E-state index in [1.807, 2.05) is 19.3 Å². The van der Waals surface area contributed by atoms with Crippen LogP contribution in [0.2, 0.25) is 0 Å². The van der Waals surface area contributed by atoms with Gasteiger partial charge in [0.25, 0.3) is 0 Å². The molecule has 2 aromatic rings.